The van der Waals surface area contributed by atoms with Crippen molar-refractivity contribution in [2.45, 2.75) is 20.3 Å². The normalized spacial score (nSPS) is 11.3. The first kappa shape index (κ1) is 10.4. The first-order valence-corrected chi connectivity index (χ1v) is 3.77. The van der Waals surface area contributed by atoms with Crippen LogP contribution in [0.1, 0.15) is 20.3 Å². The van der Waals surface area contributed by atoms with Crippen LogP contribution < -0.4 is 5.32 Å². The summed E-state index contributed by atoms with van der Waals surface area (Å²) in [5.41, 5.74) is -0.363. The molecule has 3 nitrogen and oxygen atoms in total. The molecule has 0 aliphatic carbocycles. The van der Waals surface area contributed by atoms with Crippen molar-refractivity contribution in [1.29, 1.82) is 0 Å². The highest BCUT2D eigenvalue weighted by Gasteiger charge is 2.27. The zero-order chi connectivity index (χ0) is 8.91. The zero-order valence-electron chi connectivity index (χ0n) is 7.73. The van der Waals surface area contributed by atoms with Crippen molar-refractivity contribution in [2.24, 2.45) is 5.41 Å². The van der Waals surface area contributed by atoms with Gasteiger partial charge in [-0.3, -0.25) is 4.79 Å². The van der Waals surface area contributed by atoms with Gasteiger partial charge in [0.15, 0.2) is 0 Å². The molecule has 0 rings (SSSR count). The van der Waals surface area contributed by atoms with Gasteiger partial charge in [0.05, 0.1) is 12.5 Å². The number of esters is 1. The van der Waals surface area contributed by atoms with E-state index in [1.54, 1.807) is 0 Å². The molecule has 0 unspecified atom stereocenters. The van der Waals surface area contributed by atoms with Crippen LogP contribution in [0.15, 0.2) is 0 Å². The predicted octanol–water partition coefficient (Wildman–Crippen LogP) is 0.795. The van der Waals surface area contributed by atoms with Crippen molar-refractivity contribution in [3.63, 3.8) is 0 Å². The van der Waals surface area contributed by atoms with Crippen LogP contribution in [0.4, 0.5) is 0 Å². The van der Waals surface area contributed by atoms with E-state index in [1.807, 2.05) is 20.9 Å². The number of hydrogen-bond donors (Lipinski definition) is 1. The Kier molecular flexibility index (Phi) is 4.11. The SMILES string of the molecule is CNCCC(C)(C)C(=O)OC. The second kappa shape index (κ2) is 4.34. The van der Waals surface area contributed by atoms with Crippen molar-refractivity contribution in [3.8, 4) is 0 Å². The van der Waals surface area contributed by atoms with Gasteiger partial charge in [0.25, 0.3) is 0 Å². The maximum absolute atomic E-state index is 11.1. The molecule has 0 aromatic heterocycles. The number of hydrogen-bond acceptors (Lipinski definition) is 3. The highest BCUT2D eigenvalue weighted by Crippen LogP contribution is 2.20. The second-order valence-corrected chi connectivity index (χ2v) is 3.23. The highest BCUT2D eigenvalue weighted by molar-refractivity contribution is 5.75. The molecule has 0 radical (unpaired) electrons. The first-order valence-electron chi connectivity index (χ1n) is 3.77. The molecule has 0 spiro atoms. The molecule has 1 N–H and O–H groups in total. The Labute approximate surface area is 68.1 Å². The number of nitrogens with one attached hydrogen (secondary N) is 1. The number of rotatable bonds is 4. The van der Waals surface area contributed by atoms with Crippen LogP contribution >= 0.6 is 0 Å². The lowest BCUT2D eigenvalue weighted by Gasteiger charge is -2.20. The van der Waals surface area contributed by atoms with Gasteiger partial charge in [-0.15, -0.1) is 0 Å². The van der Waals surface area contributed by atoms with Crippen LogP contribution in [0, 0.1) is 5.41 Å². The summed E-state index contributed by atoms with van der Waals surface area (Å²) in [5.74, 6) is -0.146. The minimum Gasteiger partial charge on any atom is -0.469 e. The van der Waals surface area contributed by atoms with Gasteiger partial charge in [-0.25, -0.2) is 0 Å². The highest BCUT2D eigenvalue weighted by atomic mass is 16.5. The first-order chi connectivity index (χ1) is 5.04. The fourth-order valence-electron chi connectivity index (χ4n) is 0.816. The van der Waals surface area contributed by atoms with Gasteiger partial charge >= 0.3 is 5.97 Å². The Hall–Kier alpha value is -0.570. The van der Waals surface area contributed by atoms with E-state index in [0.717, 1.165) is 13.0 Å². The third kappa shape index (κ3) is 3.37. The number of methoxy groups -OCH3 is 1. The van der Waals surface area contributed by atoms with Crippen LogP contribution in [0.2, 0.25) is 0 Å². The molecule has 0 saturated carbocycles. The van der Waals surface area contributed by atoms with Gasteiger partial charge in [-0.05, 0) is 33.9 Å². The molecule has 0 atom stereocenters. The van der Waals surface area contributed by atoms with E-state index in [0.29, 0.717) is 0 Å². The number of ether oxygens (including phenoxy) is 1. The summed E-state index contributed by atoms with van der Waals surface area (Å²) < 4.78 is 4.65. The fraction of sp³-hybridized carbons (Fsp3) is 0.875. The molecule has 0 bridgehead atoms. The Morgan fingerprint density at radius 3 is 2.45 bits per heavy atom. The van der Waals surface area contributed by atoms with Crippen molar-refractivity contribution in [1.82, 2.24) is 5.32 Å². The van der Waals surface area contributed by atoms with E-state index in [9.17, 15) is 4.79 Å². The topological polar surface area (TPSA) is 38.3 Å². The molecular formula is C8H17NO2. The molecule has 0 aliphatic heterocycles. The van der Waals surface area contributed by atoms with Gasteiger partial charge in [0.2, 0.25) is 0 Å². The van der Waals surface area contributed by atoms with Crippen molar-refractivity contribution >= 4 is 5.97 Å². The number of carbonyl (C=O) groups is 1. The van der Waals surface area contributed by atoms with E-state index in [2.05, 4.69) is 10.1 Å². The Bertz CT molecular complexity index is 132. The predicted molar refractivity (Wildman–Crippen MR) is 44.3 cm³/mol. The van der Waals surface area contributed by atoms with Gasteiger partial charge < -0.3 is 10.1 Å². The van der Waals surface area contributed by atoms with Gasteiger partial charge in [-0.2, -0.15) is 0 Å². The Morgan fingerprint density at radius 1 is 1.55 bits per heavy atom. The molecule has 0 saturated heterocycles. The molecule has 0 heterocycles. The molecule has 3 heteroatoms. The van der Waals surface area contributed by atoms with Crippen molar-refractivity contribution in [2.75, 3.05) is 20.7 Å². The van der Waals surface area contributed by atoms with E-state index in [1.165, 1.54) is 7.11 Å². The minimum absolute atomic E-state index is 0.146. The van der Waals surface area contributed by atoms with Crippen LogP contribution in [-0.4, -0.2) is 26.7 Å². The maximum atomic E-state index is 11.1. The van der Waals surface area contributed by atoms with Gasteiger partial charge in [0.1, 0.15) is 0 Å². The van der Waals surface area contributed by atoms with Gasteiger partial charge in [0, 0.05) is 0 Å². The summed E-state index contributed by atoms with van der Waals surface area (Å²) in [7, 11) is 3.29. The van der Waals surface area contributed by atoms with E-state index >= 15 is 0 Å². The fourth-order valence-corrected chi connectivity index (χ4v) is 0.816. The summed E-state index contributed by atoms with van der Waals surface area (Å²) >= 11 is 0. The van der Waals surface area contributed by atoms with Crippen LogP contribution in [0.3, 0.4) is 0 Å². The molecule has 0 aromatic rings. The Balaban J connectivity index is 3.88. The zero-order valence-corrected chi connectivity index (χ0v) is 7.73. The molecule has 11 heavy (non-hydrogen) atoms. The van der Waals surface area contributed by atoms with Gasteiger partial charge in [-0.1, -0.05) is 0 Å². The molecule has 0 amide bonds. The third-order valence-corrected chi connectivity index (χ3v) is 1.74. The monoisotopic (exact) mass is 159 g/mol. The van der Waals surface area contributed by atoms with Crippen molar-refractivity contribution < 1.29 is 9.53 Å². The molecule has 66 valence electrons. The summed E-state index contributed by atoms with van der Waals surface area (Å²) in [5, 5.41) is 2.99. The minimum atomic E-state index is -0.363. The average Bonchev–Trinajstić information content (AvgIpc) is 1.99. The summed E-state index contributed by atoms with van der Waals surface area (Å²) in [6.45, 7) is 4.61. The molecular weight excluding hydrogens is 142 g/mol. The van der Waals surface area contributed by atoms with E-state index < -0.39 is 0 Å². The lowest BCUT2D eigenvalue weighted by atomic mass is 9.89. The third-order valence-electron chi connectivity index (χ3n) is 1.74. The lowest BCUT2D eigenvalue weighted by Crippen LogP contribution is -2.29. The Morgan fingerprint density at radius 2 is 2.09 bits per heavy atom. The van der Waals surface area contributed by atoms with Crippen LogP contribution in [-0.2, 0) is 9.53 Å². The van der Waals surface area contributed by atoms with E-state index in [4.69, 9.17) is 0 Å². The summed E-state index contributed by atoms with van der Waals surface area (Å²) in [4.78, 5) is 11.1. The quantitative estimate of drug-likeness (QED) is 0.616. The largest absolute Gasteiger partial charge is 0.469 e. The summed E-state index contributed by atoms with van der Waals surface area (Å²) in [6.07, 6.45) is 0.802. The van der Waals surface area contributed by atoms with Crippen LogP contribution in [0.5, 0.6) is 0 Å². The molecule has 0 aromatic carbocycles. The number of carbonyl (C=O) groups excluding carboxylic acids is 1. The van der Waals surface area contributed by atoms with E-state index in [-0.39, 0.29) is 11.4 Å². The molecule has 0 aliphatic rings. The van der Waals surface area contributed by atoms with Crippen molar-refractivity contribution in [3.05, 3.63) is 0 Å². The standard InChI is InChI=1S/C8H17NO2/c1-8(2,5-6-9-3)7(10)11-4/h9H,5-6H2,1-4H3. The van der Waals surface area contributed by atoms with Crippen LogP contribution in [0.25, 0.3) is 0 Å². The smallest absolute Gasteiger partial charge is 0.311 e. The lowest BCUT2D eigenvalue weighted by molar-refractivity contribution is -0.151. The second-order valence-electron chi connectivity index (χ2n) is 3.23. The summed E-state index contributed by atoms with van der Waals surface area (Å²) in [6, 6.07) is 0. The maximum Gasteiger partial charge on any atom is 0.311 e. The average molecular weight is 159 g/mol. The molecule has 0 fully saturated rings.